The van der Waals surface area contributed by atoms with Gasteiger partial charge in [0.1, 0.15) is 5.25 Å². The van der Waals surface area contributed by atoms with Gasteiger partial charge >= 0.3 is 0 Å². The molecular weight excluding hydrogens is 282 g/mol. The maximum Gasteiger partial charge on any atom is 0.223 e. The van der Waals surface area contributed by atoms with E-state index in [1.165, 1.54) is 6.42 Å². The molecule has 2 saturated heterocycles. The summed E-state index contributed by atoms with van der Waals surface area (Å²) >= 11 is 4.92. The maximum atomic E-state index is 12.6. The summed E-state index contributed by atoms with van der Waals surface area (Å²) < 4.78 is 26.9. The van der Waals surface area contributed by atoms with Crippen molar-refractivity contribution < 1.29 is 8.42 Å². The molecule has 0 aromatic carbocycles. The molecule has 3 atom stereocenters. The molecule has 0 spiro atoms. The smallest absolute Gasteiger partial charge is 0.223 e. The van der Waals surface area contributed by atoms with Crippen LogP contribution >= 0.6 is 12.2 Å². The lowest BCUT2D eigenvalue weighted by molar-refractivity contribution is 0.246. The van der Waals surface area contributed by atoms with E-state index in [2.05, 4.69) is 11.9 Å². The van der Waals surface area contributed by atoms with Gasteiger partial charge in [0.2, 0.25) is 10.0 Å². The number of hydrogen-bond donors (Lipinski definition) is 1. The minimum atomic E-state index is -3.40. The first-order valence-corrected chi connectivity index (χ1v) is 8.79. The van der Waals surface area contributed by atoms with Gasteiger partial charge in [0.15, 0.2) is 0 Å². The average molecular weight is 305 g/mol. The van der Waals surface area contributed by atoms with Crippen LogP contribution in [0.4, 0.5) is 0 Å². The number of sulfonamides is 1. The van der Waals surface area contributed by atoms with Crippen LogP contribution in [0.25, 0.3) is 0 Å². The van der Waals surface area contributed by atoms with Crippen molar-refractivity contribution in [1.29, 1.82) is 0 Å². The topological polar surface area (TPSA) is 66.6 Å². The van der Waals surface area contributed by atoms with Gasteiger partial charge in [-0.15, -0.1) is 0 Å². The van der Waals surface area contributed by atoms with Crippen molar-refractivity contribution >= 4 is 27.2 Å². The zero-order chi connectivity index (χ0) is 14.2. The molecule has 0 aromatic rings. The second-order valence-corrected chi connectivity index (χ2v) is 8.13. The normalized spacial score (nSPS) is 31.1. The van der Waals surface area contributed by atoms with Crippen LogP contribution < -0.4 is 5.73 Å². The monoisotopic (exact) mass is 305 g/mol. The lowest BCUT2D eigenvalue weighted by atomic mass is 10.1. The Hall–Kier alpha value is -0.240. The van der Waals surface area contributed by atoms with Crippen LogP contribution in [-0.2, 0) is 10.0 Å². The molecule has 2 aliphatic rings. The highest BCUT2D eigenvalue weighted by Crippen LogP contribution is 2.30. The first-order chi connectivity index (χ1) is 8.87. The molecular formula is C12H23N3O2S2. The number of nitrogens with two attached hydrogens (primary N) is 1. The van der Waals surface area contributed by atoms with E-state index < -0.39 is 15.3 Å². The minimum Gasteiger partial charge on any atom is -0.392 e. The molecule has 0 amide bonds. The number of fused-ring (bicyclic) bond motifs is 2. The van der Waals surface area contributed by atoms with Crippen LogP contribution in [-0.4, -0.2) is 60.1 Å². The third kappa shape index (κ3) is 2.79. The van der Waals surface area contributed by atoms with Gasteiger partial charge in [-0.25, -0.2) is 8.42 Å². The fraction of sp³-hybridized carbons (Fsp3) is 0.917. The highest BCUT2D eigenvalue weighted by Gasteiger charge is 2.40. The van der Waals surface area contributed by atoms with E-state index in [9.17, 15) is 8.42 Å². The van der Waals surface area contributed by atoms with Crippen LogP contribution in [0, 0.1) is 0 Å². The van der Waals surface area contributed by atoms with Crippen molar-refractivity contribution in [3.8, 4) is 0 Å². The third-order valence-corrected chi connectivity index (χ3v) is 7.31. The second kappa shape index (κ2) is 5.63. The molecule has 110 valence electrons. The fourth-order valence-electron chi connectivity index (χ4n) is 3.25. The Morgan fingerprint density at radius 3 is 2.58 bits per heavy atom. The predicted octanol–water partition coefficient (Wildman–Crippen LogP) is 0.549. The van der Waals surface area contributed by atoms with Crippen LogP contribution in [0.1, 0.15) is 32.6 Å². The van der Waals surface area contributed by atoms with Crippen molar-refractivity contribution in [3.63, 3.8) is 0 Å². The zero-order valence-electron chi connectivity index (χ0n) is 11.6. The van der Waals surface area contributed by atoms with Crippen molar-refractivity contribution in [2.45, 2.75) is 49.9 Å². The quantitative estimate of drug-likeness (QED) is 0.768. The van der Waals surface area contributed by atoms with E-state index >= 15 is 0 Å². The Bertz CT molecular complexity index is 452. The summed E-state index contributed by atoms with van der Waals surface area (Å²) in [5, 5.41) is -0.718. The summed E-state index contributed by atoms with van der Waals surface area (Å²) in [5.41, 5.74) is 5.60. The van der Waals surface area contributed by atoms with Gasteiger partial charge in [-0.3, -0.25) is 4.90 Å². The molecule has 2 fully saturated rings. The summed E-state index contributed by atoms with van der Waals surface area (Å²) in [6, 6.07) is 0.862. The van der Waals surface area contributed by atoms with E-state index in [0.717, 1.165) is 12.8 Å². The van der Waals surface area contributed by atoms with Crippen molar-refractivity contribution in [3.05, 3.63) is 0 Å². The lowest BCUT2D eigenvalue weighted by Crippen LogP contribution is -2.47. The van der Waals surface area contributed by atoms with Crippen LogP contribution in [0.15, 0.2) is 0 Å². The Morgan fingerprint density at radius 1 is 1.37 bits per heavy atom. The molecule has 2 N–H and O–H groups in total. The fourth-order valence-corrected chi connectivity index (χ4v) is 5.59. The summed E-state index contributed by atoms with van der Waals surface area (Å²) in [6.45, 7) is 2.98. The van der Waals surface area contributed by atoms with Crippen LogP contribution in [0.3, 0.4) is 0 Å². The van der Waals surface area contributed by atoms with E-state index in [1.807, 2.05) is 6.92 Å². The van der Waals surface area contributed by atoms with E-state index in [4.69, 9.17) is 18.0 Å². The van der Waals surface area contributed by atoms with Gasteiger partial charge in [-0.2, -0.15) is 4.31 Å². The van der Waals surface area contributed by atoms with Gasteiger partial charge in [-0.05, 0) is 32.7 Å². The molecule has 19 heavy (non-hydrogen) atoms. The molecule has 5 nitrogen and oxygen atoms in total. The summed E-state index contributed by atoms with van der Waals surface area (Å²) in [6.07, 6.45) is 3.61. The van der Waals surface area contributed by atoms with Crippen molar-refractivity contribution in [1.82, 2.24) is 9.21 Å². The van der Waals surface area contributed by atoms with E-state index in [1.54, 1.807) is 4.31 Å². The van der Waals surface area contributed by atoms with Crippen molar-refractivity contribution in [2.24, 2.45) is 5.73 Å². The van der Waals surface area contributed by atoms with E-state index in [-0.39, 0.29) is 4.99 Å². The molecule has 0 aromatic heterocycles. The zero-order valence-corrected chi connectivity index (χ0v) is 13.2. The number of likely N-dealkylation sites (N-methyl/N-ethyl adjacent to an activating group) is 1. The number of hydrogen-bond acceptors (Lipinski definition) is 4. The van der Waals surface area contributed by atoms with Gasteiger partial charge in [0, 0.05) is 25.2 Å². The van der Waals surface area contributed by atoms with Crippen LogP contribution in [0.2, 0.25) is 0 Å². The largest absolute Gasteiger partial charge is 0.392 e. The molecule has 2 heterocycles. The Morgan fingerprint density at radius 2 is 2.00 bits per heavy atom. The van der Waals surface area contributed by atoms with Gasteiger partial charge < -0.3 is 5.73 Å². The summed E-state index contributed by atoms with van der Waals surface area (Å²) in [4.78, 5) is 2.42. The first-order valence-electron chi connectivity index (χ1n) is 6.88. The maximum absolute atomic E-state index is 12.6. The molecule has 3 unspecified atom stereocenters. The predicted molar refractivity (Wildman–Crippen MR) is 80.5 cm³/mol. The van der Waals surface area contributed by atoms with Crippen LogP contribution in [0.5, 0.6) is 0 Å². The molecule has 0 aliphatic carbocycles. The Kier molecular flexibility index (Phi) is 4.49. The second-order valence-electron chi connectivity index (χ2n) is 5.54. The Balaban J connectivity index is 2.20. The summed E-state index contributed by atoms with van der Waals surface area (Å²) in [5.74, 6) is 0. The highest BCUT2D eigenvalue weighted by atomic mass is 32.2. The van der Waals surface area contributed by atoms with E-state index in [0.29, 0.717) is 31.6 Å². The third-order valence-electron chi connectivity index (χ3n) is 4.52. The number of thiocarbonyl (C=S) groups is 1. The lowest BCUT2D eigenvalue weighted by Gasteiger charge is -2.28. The van der Waals surface area contributed by atoms with Gasteiger partial charge in [0.05, 0.1) is 4.99 Å². The average Bonchev–Trinajstić information content (AvgIpc) is 2.51. The van der Waals surface area contributed by atoms with Crippen molar-refractivity contribution in [2.75, 3.05) is 20.1 Å². The number of rotatable bonds is 4. The molecule has 2 aliphatic heterocycles. The highest BCUT2D eigenvalue weighted by molar-refractivity contribution is 7.92. The van der Waals surface area contributed by atoms with Gasteiger partial charge in [-0.1, -0.05) is 19.1 Å². The first kappa shape index (κ1) is 15.2. The molecule has 7 heteroatoms. The minimum absolute atomic E-state index is 0.0882. The molecule has 2 bridgehead atoms. The molecule has 0 radical (unpaired) electrons. The Labute approximate surface area is 121 Å². The molecule has 2 rings (SSSR count). The SMILES string of the molecule is CCC(C(N)=S)S(=O)(=O)N1CCC2CCC(C1)N2C. The molecule has 0 saturated carbocycles. The van der Waals surface area contributed by atoms with Gasteiger partial charge in [0.25, 0.3) is 0 Å². The standard InChI is InChI=1S/C12H23N3O2S2/c1-3-11(12(13)18)19(16,17)15-7-6-9-4-5-10(8-15)14(9)2/h9-11H,3-8H2,1-2H3,(H2,13,18). The number of nitrogens with zero attached hydrogens (tertiary/aromatic N) is 2. The summed E-state index contributed by atoms with van der Waals surface area (Å²) in [7, 11) is -1.30.